The van der Waals surface area contributed by atoms with Crippen LogP contribution < -0.4 is 0 Å². The van der Waals surface area contributed by atoms with Crippen LogP contribution in [0.25, 0.3) is 11.1 Å². The number of phenolic OH excluding ortho intramolecular Hbond substituents is 2. The Morgan fingerprint density at radius 3 is 1.54 bits per heavy atom. The molecule has 0 spiro atoms. The number of phenols is 2. The number of aromatic hydroxyl groups is 2. The highest BCUT2D eigenvalue weighted by molar-refractivity contribution is 5.98. The van der Waals surface area contributed by atoms with Crippen molar-refractivity contribution < 1.29 is 10.2 Å². The predicted octanol–water partition coefficient (Wildman–Crippen LogP) is 6.10. The van der Waals surface area contributed by atoms with Crippen LogP contribution in [0.15, 0.2) is 78.9 Å². The lowest BCUT2D eigenvalue weighted by Crippen LogP contribution is -1.99. The van der Waals surface area contributed by atoms with Crippen LogP contribution in [-0.4, -0.2) is 10.2 Å². The van der Waals surface area contributed by atoms with Crippen LogP contribution in [0, 0.1) is 5.92 Å². The van der Waals surface area contributed by atoms with E-state index in [-0.39, 0.29) is 11.5 Å². The third kappa shape index (κ3) is 4.15. The molecule has 0 fully saturated rings. The first-order valence-corrected chi connectivity index (χ1v) is 8.92. The van der Waals surface area contributed by atoms with E-state index in [2.05, 4.69) is 38.1 Å². The third-order valence-electron chi connectivity index (χ3n) is 4.35. The minimum Gasteiger partial charge on any atom is -0.508 e. The van der Waals surface area contributed by atoms with Crippen molar-refractivity contribution in [2.24, 2.45) is 5.92 Å². The monoisotopic (exact) mass is 344 g/mol. The molecule has 3 rings (SSSR count). The van der Waals surface area contributed by atoms with Crippen molar-refractivity contribution >= 4 is 11.1 Å². The Balaban J connectivity index is 2.28. The molecule has 2 N–H and O–H groups in total. The number of rotatable bonds is 5. The maximum Gasteiger partial charge on any atom is 0.115 e. The van der Waals surface area contributed by atoms with Crippen molar-refractivity contribution in [2.45, 2.75) is 20.3 Å². The van der Waals surface area contributed by atoms with Crippen LogP contribution in [0.2, 0.25) is 0 Å². The molecule has 0 heterocycles. The van der Waals surface area contributed by atoms with E-state index in [9.17, 15) is 10.2 Å². The number of benzene rings is 3. The van der Waals surface area contributed by atoms with E-state index >= 15 is 0 Å². The Morgan fingerprint density at radius 2 is 1.12 bits per heavy atom. The molecule has 0 aliphatic carbocycles. The minimum atomic E-state index is 0.254. The summed E-state index contributed by atoms with van der Waals surface area (Å²) < 4.78 is 0. The number of allylic oxidation sites excluding steroid dienone is 1. The van der Waals surface area contributed by atoms with Gasteiger partial charge in [-0.05, 0) is 64.4 Å². The van der Waals surface area contributed by atoms with Crippen molar-refractivity contribution in [3.05, 3.63) is 95.6 Å². The summed E-state index contributed by atoms with van der Waals surface area (Å²) in [6.45, 7) is 4.43. The van der Waals surface area contributed by atoms with Gasteiger partial charge in [-0.1, -0.05) is 68.4 Å². The Bertz CT molecular complexity index is 826. The zero-order valence-electron chi connectivity index (χ0n) is 15.2. The van der Waals surface area contributed by atoms with Crippen LogP contribution in [0.3, 0.4) is 0 Å². The van der Waals surface area contributed by atoms with Gasteiger partial charge in [-0.15, -0.1) is 0 Å². The molecule has 2 heteroatoms. The fraction of sp³-hybridized carbons (Fsp3) is 0.167. The lowest BCUT2D eigenvalue weighted by atomic mass is 9.85. The van der Waals surface area contributed by atoms with E-state index in [1.54, 1.807) is 24.3 Å². The Morgan fingerprint density at radius 1 is 0.654 bits per heavy atom. The fourth-order valence-electron chi connectivity index (χ4n) is 3.18. The maximum atomic E-state index is 9.70. The largest absolute Gasteiger partial charge is 0.508 e. The molecule has 3 aromatic rings. The van der Waals surface area contributed by atoms with Crippen LogP contribution in [0.1, 0.15) is 37.0 Å². The Kier molecular flexibility index (Phi) is 5.43. The molecule has 0 radical (unpaired) electrons. The van der Waals surface area contributed by atoms with Gasteiger partial charge in [-0.3, -0.25) is 0 Å². The summed E-state index contributed by atoms with van der Waals surface area (Å²) in [5.74, 6) is 1.00. The second-order valence-corrected chi connectivity index (χ2v) is 6.91. The van der Waals surface area contributed by atoms with Crippen molar-refractivity contribution in [3.63, 3.8) is 0 Å². The average molecular weight is 344 g/mol. The molecule has 0 atom stereocenters. The molecule has 132 valence electrons. The molecule has 26 heavy (non-hydrogen) atoms. The van der Waals surface area contributed by atoms with Crippen molar-refractivity contribution in [2.75, 3.05) is 0 Å². The Labute approximate surface area is 155 Å². The first-order chi connectivity index (χ1) is 12.5. The van der Waals surface area contributed by atoms with Gasteiger partial charge in [-0.2, -0.15) is 0 Å². The van der Waals surface area contributed by atoms with E-state index in [0.29, 0.717) is 5.92 Å². The molecule has 2 nitrogen and oxygen atoms in total. The fourth-order valence-corrected chi connectivity index (χ4v) is 3.18. The van der Waals surface area contributed by atoms with Gasteiger partial charge in [0.15, 0.2) is 0 Å². The summed E-state index contributed by atoms with van der Waals surface area (Å²) in [5.41, 5.74) is 5.68. The van der Waals surface area contributed by atoms with Crippen molar-refractivity contribution in [1.82, 2.24) is 0 Å². The summed E-state index contributed by atoms with van der Waals surface area (Å²) >= 11 is 0. The summed E-state index contributed by atoms with van der Waals surface area (Å²) in [4.78, 5) is 0. The zero-order chi connectivity index (χ0) is 18.5. The SMILES string of the molecule is CC(C)CC(=C(c1ccc(O)cc1)c1ccc(O)cc1)c1ccccc1. The van der Waals surface area contributed by atoms with Crippen molar-refractivity contribution in [3.8, 4) is 11.5 Å². The lowest BCUT2D eigenvalue weighted by molar-refractivity contribution is 0.475. The summed E-state index contributed by atoms with van der Waals surface area (Å²) in [7, 11) is 0. The highest BCUT2D eigenvalue weighted by Gasteiger charge is 2.15. The predicted molar refractivity (Wildman–Crippen MR) is 108 cm³/mol. The normalized spacial score (nSPS) is 10.7. The zero-order valence-corrected chi connectivity index (χ0v) is 15.2. The van der Waals surface area contributed by atoms with Gasteiger partial charge >= 0.3 is 0 Å². The minimum absolute atomic E-state index is 0.254. The third-order valence-corrected chi connectivity index (χ3v) is 4.35. The van der Waals surface area contributed by atoms with Gasteiger partial charge in [0.1, 0.15) is 11.5 Å². The molecule has 0 saturated heterocycles. The molecular formula is C24H24O2. The quantitative estimate of drug-likeness (QED) is 0.549. The van der Waals surface area contributed by atoms with Crippen LogP contribution in [0.5, 0.6) is 11.5 Å². The summed E-state index contributed by atoms with van der Waals surface area (Å²) in [5, 5.41) is 19.4. The molecule has 0 saturated carbocycles. The van der Waals surface area contributed by atoms with Gasteiger partial charge in [-0.25, -0.2) is 0 Å². The first kappa shape index (κ1) is 17.8. The summed E-state index contributed by atoms with van der Waals surface area (Å²) in [6, 6.07) is 25.1. The maximum absolute atomic E-state index is 9.70. The molecule has 0 aliphatic heterocycles. The highest BCUT2D eigenvalue weighted by Crippen LogP contribution is 2.37. The van der Waals surface area contributed by atoms with Crippen molar-refractivity contribution in [1.29, 1.82) is 0 Å². The van der Waals surface area contributed by atoms with Gasteiger partial charge in [0.2, 0.25) is 0 Å². The molecule has 0 unspecified atom stereocenters. The second kappa shape index (κ2) is 7.92. The first-order valence-electron chi connectivity index (χ1n) is 8.92. The average Bonchev–Trinajstić information content (AvgIpc) is 2.64. The number of hydrogen-bond donors (Lipinski definition) is 2. The van der Waals surface area contributed by atoms with Gasteiger partial charge in [0.25, 0.3) is 0 Å². The molecule has 0 bridgehead atoms. The lowest BCUT2D eigenvalue weighted by Gasteiger charge is -2.19. The highest BCUT2D eigenvalue weighted by atomic mass is 16.3. The second-order valence-electron chi connectivity index (χ2n) is 6.91. The molecule has 0 aliphatic rings. The standard InChI is InChI=1S/C24H24O2/c1-17(2)16-23(18-6-4-3-5-7-18)24(19-8-12-21(25)13-9-19)20-10-14-22(26)15-11-20/h3-15,17,25-26H,16H2,1-2H3. The van der Waals surface area contributed by atoms with Gasteiger partial charge in [0.05, 0.1) is 0 Å². The molecule has 3 aromatic carbocycles. The topological polar surface area (TPSA) is 40.5 Å². The van der Waals surface area contributed by atoms with E-state index in [1.165, 1.54) is 11.1 Å². The van der Waals surface area contributed by atoms with E-state index in [4.69, 9.17) is 0 Å². The van der Waals surface area contributed by atoms with E-state index < -0.39 is 0 Å². The van der Waals surface area contributed by atoms with Crippen LogP contribution in [0.4, 0.5) is 0 Å². The van der Waals surface area contributed by atoms with Crippen LogP contribution in [-0.2, 0) is 0 Å². The number of hydrogen-bond acceptors (Lipinski definition) is 2. The molecular weight excluding hydrogens is 320 g/mol. The van der Waals surface area contributed by atoms with Gasteiger partial charge in [0, 0.05) is 0 Å². The molecule has 0 aromatic heterocycles. The smallest absolute Gasteiger partial charge is 0.115 e. The van der Waals surface area contributed by atoms with E-state index in [0.717, 1.165) is 23.1 Å². The van der Waals surface area contributed by atoms with Crippen LogP contribution >= 0.6 is 0 Å². The van der Waals surface area contributed by atoms with E-state index in [1.807, 2.05) is 30.3 Å². The van der Waals surface area contributed by atoms with Gasteiger partial charge < -0.3 is 10.2 Å². The summed E-state index contributed by atoms with van der Waals surface area (Å²) in [6.07, 6.45) is 0.932. The molecule has 0 amide bonds. The Hall–Kier alpha value is -3.00.